The second kappa shape index (κ2) is 8.49. The number of sulfonamides is 1. The monoisotopic (exact) mass is 389 g/mol. The molecule has 2 rings (SSSR count). The van der Waals surface area contributed by atoms with E-state index in [0.717, 1.165) is 12.8 Å². The molecule has 0 saturated heterocycles. The zero-order valence-electron chi connectivity index (χ0n) is 14.9. The third-order valence-corrected chi connectivity index (χ3v) is 5.86. The van der Waals surface area contributed by atoms with Crippen LogP contribution in [0.3, 0.4) is 0 Å². The zero-order chi connectivity index (χ0) is 18.0. The fourth-order valence-electron chi connectivity index (χ4n) is 2.95. The molecule has 0 aromatic heterocycles. The Morgan fingerprint density at radius 1 is 1.24 bits per heavy atom. The van der Waals surface area contributed by atoms with E-state index in [0.29, 0.717) is 12.0 Å². The van der Waals surface area contributed by atoms with Gasteiger partial charge < -0.3 is 11.1 Å². The molecule has 1 aliphatic carbocycles. The molecule has 8 heteroatoms. The molecule has 0 bridgehead atoms. The Balaban J connectivity index is 0.00000312. The maximum absolute atomic E-state index is 12.6. The van der Waals surface area contributed by atoms with E-state index in [4.69, 9.17) is 5.73 Å². The van der Waals surface area contributed by atoms with Crippen LogP contribution in [0, 0.1) is 5.92 Å². The molecule has 0 spiro atoms. The minimum atomic E-state index is -3.65. The summed E-state index contributed by atoms with van der Waals surface area (Å²) in [6, 6.07) is 6.81. The first-order chi connectivity index (χ1) is 11.1. The van der Waals surface area contributed by atoms with Crippen LogP contribution < -0.4 is 15.8 Å². The summed E-state index contributed by atoms with van der Waals surface area (Å²) in [5, 5.41) is 2.85. The summed E-state index contributed by atoms with van der Waals surface area (Å²) in [4.78, 5) is 12.4. The van der Waals surface area contributed by atoms with Crippen LogP contribution in [0.25, 0.3) is 0 Å². The first kappa shape index (κ1) is 21.9. The van der Waals surface area contributed by atoms with Crippen LogP contribution in [0.15, 0.2) is 29.2 Å². The van der Waals surface area contributed by atoms with E-state index < -0.39 is 15.6 Å². The number of hydrogen-bond donors (Lipinski definition) is 3. The van der Waals surface area contributed by atoms with E-state index in [9.17, 15) is 13.2 Å². The van der Waals surface area contributed by atoms with E-state index in [1.807, 2.05) is 0 Å². The number of amides is 1. The Bertz CT molecular complexity index is 701. The van der Waals surface area contributed by atoms with Crippen LogP contribution in [0.2, 0.25) is 0 Å². The van der Waals surface area contributed by atoms with Crippen molar-refractivity contribution in [2.45, 2.75) is 63.1 Å². The SMILES string of the molecule is CC(C)(C)NS(=O)(=O)c1ccccc1CNC(=O)C1CCC(N)C1.Cl. The van der Waals surface area contributed by atoms with E-state index in [2.05, 4.69) is 10.0 Å². The zero-order valence-corrected chi connectivity index (χ0v) is 16.5. The molecule has 1 fully saturated rings. The van der Waals surface area contributed by atoms with Gasteiger partial charge in [-0.05, 0) is 51.7 Å². The Labute approximate surface area is 156 Å². The van der Waals surface area contributed by atoms with Gasteiger partial charge in [-0.2, -0.15) is 0 Å². The molecule has 0 heterocycles. The highest BCUT2D eigenvalue weighted by Gasteiger charge is 2.28. The van der Waals surface area contributed by atoms with Crippen molar-refractivity contribution < 1.29 is 13.2 Å². The van der Waals surface area contributed by atoms with Crippen molar-refractivity contribution in [3.8, 4) is 0 Å². The summed E-state index contributed by atoms with van der Waals surface area (Å²) in [6.45, 7) is 5.56. The molecule has 142 valence electrons. The molecule has 1 aromatic carbocycles. The predicted molar refractivity (Wildman–Crippen MR) is 101 cm³/mol. The van der Waals surface area contributed by atoms with E-state index >= 15 is 0 Å². The fourth-order valence-corrected chi connectivity index (χ4v) is 4.61. The van der Waals surface area contributed by atoms with Crippen LogP contribution >= 0.6 is 12.4 Å². The molecule has 4 N–H and O–H groups in total. The Morgan fingerprint density at radius 3 is 2.44 bits per heavy atom. The highest BCUT2D eigenvalue weighted by atomic mass is 35.5. The lowest BCUT2D eigenvalue weighted by molar-refractivity contribution is -0.125. The average molecular weight is 390 g/mol. The van der Waals surface area contributed by atoms with Crippen molar-refractivity contribution in [1.29, 1.82) is 0 Å². The van der Waals surface area contributed by atoms with Gasteiger partial charge in [0.05, 0.1) is 4.90 Å². The molecule has 1 aliphatic rings. The van der Waals surface area contributed by atoms with Gasteiger partial charge in [-0.15, -0.1) is 12.4 Å². The van der Waals surface area contributed by atoms with Crippen molar-refractivity contribution >= 4 is 28.3 Å². The van der Waals surface area contributed by atoms with Gasteiger partial charge in [0.1, 0.15) is 0 Å². The number of benzene rings is 1. The summed E-state index contributed by atoms with van der Waals surface area (Å²) in [5.41, 5.74) is 5.84. The Morgan fingerprint density at radius 2 is 1.88 bits per heavy atom. The second-order valence-corrected chi connectivity index (χ2v) is 9.10. The number of hydrogen-bond acceptors (Lipinski definition) is 4. The summed E-state index contributed by atoms with van der Waals surface area (Å²) in [5.74, 6) is -0.129. The molecule has 2 atom stereocenters. The van der Waals surface area contributed by atoms with Gasteiger partial charge in [-0.25, -0.2) is 13.1 Å². The lowest BCUT2D eigenvalue weighted by Gasteiger charge is -2.21. The third-order valence-electron chi connectivity index (χ3n) is 4.00. The quantitative estimate of drug-likeness (QED) is 0.716. The van der Waals surface area contributed by atoms with Crippen LogP contribution in [-0.2, 0) is 21.4 Å². The van der Waals surface area contributed by atoms with Gasteiger partial charge in [0.25, 0.3) is 0 Å². The number of rotatable bonds is 5. The van der Waals surface area contributed by atoms with Crippen LogP contribution in [0.5, 0.6) is 0 Å². The van der Waals surface area contributed by atoms with Gasteiger partial charge in [0.15, 0.2) is 0 Å². The largest absolute Gasteiger partial charge is 0.352 e. The topological polar surface area (TPSA) is 101 Å². The van der Waals surface area contributed by atoms with Crippen LogP contribution in [0.4, 0.5) is 0 Å². The second-order valence-electron chi connectivity index (χ2n) is 7.45. The van der Waals surface area contributed by atoms with Gasteiger partial charge in [-0.1, -0.05) is 18.2 Å². The van der Waals surface area contributed by atoms with Gasteiger partial charge in [-0.3, -0.25) is 4.79 Å². The fraction of sp³-hybridized carbons (Fsp3) is 0.588. The number of halogens is 1. The number of carbonyl (C=O) groups is 1. The third kappa shape index (κ3) is 6.26. The van der Waals surface area contributed by atoms with Crippen molar-refractivity contribution in [3.05, 3.63) is 29.8 Å². The summed E-state index contributed by atoms with van der Waals surface area (Å²) in [6.07, 6.45) is 2.34. The lowest BCUT2D eigenvalue weighted by atomic mass is 10.1. The minimum absolute atomic E-state index is 0. The van der Waals surface area contributed by atoms with E-state index in [-0.39, 0.29) is 41.7 Å². The van der Waals surface area contributed by atoms with Crippen molar-refractivity contribution in [2.24, 2.45) is 11.7 Å². The number of nitrogens with two attached hydrogens (primary N) is 1. The molecule has 1 amide bonds. The molecule has 1 aromatic rings. The maximum atomic E-state index is 12.6. The molecule has 2 unspecified atom stereocenters. The van der Waals surface area contributed by atoms with E-state index in [1.165, 1.54) is 0 Å². The number of nitrogens with one attached hydrogen (secondary N) is 2. The predicted octanol–water partition coefficient (Wildman–Crippen LogP) is 1.93. The van der Waals surface area contributed by atoms with Crippen molar-refractivity contribution in [1.82, 2.24) is 10.0 Å². The van der Waals surface area contributed by atoms with Gasteiger partial charge in [0.2, 0.25) is 15.9 Å². The highest BCUT2D eigenvalue weighted by molar-refractivity contribution is 7.89. The number of carbonyl (C=O) groups excluding carboxylic acids is 1. The lowest BCUT2D eigenvalue weighted by Crippen LogP contribution is -2.41. The first-order valence-electron chi connectivity index (χ1n) is 8.24. The van der Waals surface area contributed by atoms with Crippen LogP contribution in [0.1, 0.15) is 45.6 Å². The normalized spacial score (nSPS) is 20.8. The van der Waals surface area contributed by atoms with Crippen LogP contribution in [-0.4, -0.2) is 25.9 Å². The molecule has 6 nitrogen and oxygen atoms in total. The summed E-state index contributed by atoms with van der Waals surface area (Å²) >= 11 is 0. The Hall–Kier alpha value is -1.15. The van der Waals surface area contributed by atoms with Gasteiger partial charge >= 0.3 is 0 Å². The molecule has 25 heavy (non-hydrogen) atoms. The molecule has 0 aliphatic heterocycles. The standard InChI is InChI=1S/C17H27N3O3S.ClH/c1-17(2,3)20-24(22,23)15-7-5-4-6-13(15)11-19-16(21)12-8-9-14(18)10-12;/h4-7,12,14,20H,8-11,18H2,1-3H3,(H,19,21);1H. The molecule has 0 radical (unpaired) electrons. The first-order valence-corrected chi connectivity index (χ1v) is 9.72. The maximum Gasteiger partial charge on any atom is 0.241 e. The summed E-state index contributed by atoms with van der Waals surface area (Å²) in [7, 11) is -3.65. The molecule has 1 saturated carbocycles. The Kier molecular flexibility index (Phi) is 7.43. The average Bonchev–Trinajstić information content (AvgIpc) is 2.89. The van der Waals surface area contributed by atoms with Crippen molar-refractivity contribution in [3.63, 3.8) is 0 Å². The van der Waals surface area contributed by atoms with E-state index in [1.54, 1.807) is 45.0 Å². The molecular weight excluding hydrogens is 362 g/mol. The molecular formula is C17H28ClN3O3S. The highest BCUT2D eigenvalue weighted by Crippen LogP contribution is 2.24. The summed E-state index contributed by atoms with van der Waals surface area (Å²) < 4.78 is 27.8. The minimum Gasteiger partial charge on any atom is -0.352 e. The van der Waals surface area contributed by atoms with Crippen molar-refractivity contribution in [2.75, 3.05) is 0 Å². The smallest absolute Gasteiger partial charge is 0.241 e. The van der Waals surface area contributed by atoms with Gasteiger partial charge in [0, 0.05) is 24.0 Å².